The summed E-state index contributed by atoms with van der Waals surface area (Å²) in [6.07, 6.45) is 5.25. The number of nitrogens with one attached hydrogen (secondary N) is 1. The highest BCUT2D eigenvalue weighted by atomic mass is 32.2. The quantitative estimate of drug-likeness (QED) is 0.519. The Hall–Kier alpha value is -1.65. The van der Waals surface area contributed by atoms with Crippen molar-refractivity contribution in [3.05, 3.63) is 30.1 Å². The number of hydrogen-bond acceptors (Lipinski definition) is 5. The highest BCUT2D eigenvalue weighted by Gasteiger charge is 2.34. The molecular formula is C22H34FN3O4S2. The van der Waals surface area contributed by atoms with Gasteiger partial charge in [0.05, 0.1) is 0 Å². The van der Waals surface area contributed by atoms with Gasteiger partial charge in [0.1, 0.15) is 16.8 Å². The monoisotopic (exact) mass is 487 g/mol. The molecule has 0 saturated carbocycles. The Bertz CT molecular complexity index is 874. The van der Waals surface area contributed by atoms with Crippen LogP contribution in [0.5, 0.6) is 0 Å². The minimum absolute atomic E-state index is 0.102. The number of likely N-dealkylation sites (tertiary alicyclic amines) is 1. The van der Waals surface area contributed by atoms with Crippen LogP contribution in [0.25, 0.3) is 0 Å². The van der Waals surface area contributed by atoms with Gasteiger partial charge in [-0.15, -0.1) is 0 Å². The van der Waals surface area contributed by atoms with Gasteiger partial charge >= 0.3 is 0 Å². The topological polar surface area (TPSA) is 86.8 Å². The van der Waals surface area contributed by atoms with E-state index in [0.717, 1.165) is 25.5 Å². The zero-order valence-electron chi connectivity index (χ0n) is 19.0. The molecule has 1 unspecified atom stereocenters. The fourth-order valence-electron chi connectivity index (χ4n) is 3.77. The summed E-state index contributed by atoms with van der Waals surface area (Å²) in [5, 5.41) is 0. The summed E-state index contributed by atoms with van der Waals surface area (Å²) in [4.78, 5) is 28.7. The average Bonchev–Trinajstić information content (AvgIpc) is 2.79. The maximum Gasteiger partial charge on any atom is 0.244 e. The highest BCUT2D eigenvalue weighted by Crippen LogP contribution is 2.22. The van der Waals surface area contributed by atoms with E-state index >= 15 is 0 Å². The molecule has 1 aromatic carbocycles. The zero-order valence-corrected chi connectivity index (χ0v) is 20.7. The number of benzene rings is 1. The van der Waals surface area contributed by atoms with Crippen LogP contribution < -0.4 is 4.72 Å². The van der Waals surface area contributed by atoms with Crippen LogP contribution in [0.4, 0.5) is 4.39 Å². The fourth-order valence-corrected chi connectivity index (χ4v) is 5.54. The zero-order chi connectivity index (χ0) is 23.7. The Morgan fingerprint density at radius 3 is 2.53 bits per heavy atom. The third kappa shape index (κ3) is 7.18. The molecule has 180 valence electrons. The molecule has 1 aliphatic heterocycles. The van der Waals surface area contributed by atoms with Crippen LogP contribution in [-0.4, -0.2) is 74.8 Å². The molecule has 1 saturated heterocycles. The van der Waals surface area contributed by atoms with Crippen molar-refractivity contribution in [2.24, 2.45) is 5.92 Å². The summed E-state index contributed by atoms with van der Waals surface area (Å²) < 4.78 is 41.9. The van der Waals surface area contributed by atoms with Crippen LogP contribution in [0, 0.1) is 11.7 Å². The summed E-state index contributed by atoms with van der Waals surface area (Å²) in [5.74, 6) is -0.634. The predicted octanol–water partition coefficient (Wildman–Crippen LogP) is 2.72. The molecule has 7 nitrogen and oxygen atoms in total. The van der Waals surface area contributed by atoms with E-state index in [-0.39, 0.29) is 17.7 Å². The van der Waals surface area contributed by atoms with Gasteiger partial charge in [-0.2, -0.15) is 16.5 Å². The molecule has 1 heterocycles. The normalized spacial score (nSPS) is 16.1. The second-order valence-corrected chi connectivity index (χ2v) is 10.8. The number of thioether (sulfide) groups is 1. The van der Waals surface area contributed by atoms with Crippen molar-refractivity contribution >= 4 is 33.6 Å². The molecule has 0 spiro atoms. The van der Waals surface area contributed by atoms with E-state index in [1.165, 1.54) is 30.0 Å². The minimum atomic E-state index is -4.19. The Kier molecular flexibility index (Phi) is 10.4. The lowest BCUT2D eigenvalue weighted by Crippen LogP contribution is -2.52. The number of halogens is 1. The van der Waals surface area contributed by atoms with Crippen molar-refractivity contribution in [1.29, 1.82) is 0 Å². The van der Waals surface area contributed by atoms with E-state index in [9.17, 15) is 22.4 Å². The maximum absolute atomic E-state index is 14.1. The molecule has 1 aliphatic rings. The second kappa shape index (κ2) is 12.6. The van der Waals surface area contributed by atoms with E-state index in [4.69, 9.17) is 0 Å². The van der Waals surface area contributed by atoms with Gasteiger partial charge in [0.2, 0.25) is 21.8 Å². The van der Waals surface area contributed by atoms with Crippen LogP contribution in [0.15, 0.2) is 29.2 Å². The molecule has 1 N–H and O–H groups in total. The smallest absolute Gasteiger partial charge is 0.244 e. The molecule has 1 aromatic rings. The van der Waals surface area contributed by atoms with Gasteiger partial charge < -0.3 is 9.80 Å². The first-order valence-corrected chi connectivity index (χ1v) is 13.9. The van der Waals surface area contributed by atoms with Gasteiger partial charge in [0.25, 0.3) is 0 Å². The maximum atomic E-state index is 14.1. The Morgan fingerprint density at radius 2 is 1.94 bits per heavy atom. The molecule has 0 aliphatic carbocycles. The van der Waals surface area contributed by atoms with Gasteiger partial charge in [-0.3, -0.25) is 9.59 Å². The molecule has 2 rings (SSSR count). The third-order valence-electron chi connectivity index (χ3n) is 5.71. The van der Waals surface area contributed by atoms with Gasteiger partial charge in [-0.1, -0.05) is 25.5 Å². The minimum Gasteiger partial charge on any atom is -0.346 e. The fraction of sp³-hybridized carbons (Fsp3) is 0.636. The van der Waals surface area contributed by atoms with Crippen molar-refractivity contribution in [1.82, 2.24) is 14.5 Å². The van der Waals surface area contributed by atoms with E-state index in [1.54, 1.807) is 9.80 Å². The van der Waals surface area contributed by atoms with Crippen LogP contribution in [0.3, 0.4) is 0 Å². The van der Waals surface area contributed by atoms with E-state index in [2.05, 4.69) is 11.6 Å². The Balaban J connectivity index is 2.04. The second-order valence-electron chi connectivity index (χ2n) is 8.10. The number of rotatable bonds is 11. The number of sulfonamides is 1. The van der Waals surface area contributed by atoms with Gasteiger partial charge in [0.15, 0.2) is 0 Å². The summed E-state index contributed by atoms with van der Waals surface area (Å²) >= 11 is 1.50. The van der Waals surface area contributed by atoms with Crippen molar-refractivity contribution < 1.29 is 22.4 Å². The average molecular weight is 488 g/mol. The number of carbonyl (C=O) groups excluding carboxylic acids is 2. The summed E-state index contributed by atoms with van der Waals surface area (Å²) in [5.41, 5.74) is 0. The molecule has 32 heavy (non-hydrogen) atoms. The molecule has 1 fully saturated rings. The number of unbranched alkanes of at least 4 members (excludes halogenated alkanes) is 1. The predicted molar refractivity (Wildman–Crippen MR) is 125 cm³/mol. The lowest BCUT2D eigenvalue weighted by Gasteiger charge is -2.35. The molecule has 2 amide bonds. The van der Waals surface area contributed by atoms with Crippen LogP contribution in [0.2, 0.25) is 0 Å². The third-order valence-corrected chi connectivity index (χ3v) is 7.86. The number of piperidine rings is 1. The van der Waals surface area contributed by atoms with Gasteiger partial charge in [0, 0.05) is 32.6 Å². The number of nitrogens with zero attached hydrogens (tertiary/aromatic N) is 2. The highest BCUT2D eigenvalue weighted by molar-refractivity contribution is 7.98. The summed E-state index contributed by atoms with van der Waals surface area (Å²) in [7, 11) is -2.38. The molecule has 10 heteroatoms. The summed E-state index contributed by atoms with van der Waals surface area (Å²) in [6.45, 7) is 3.60. The molecule has 0 aromatic heterocycles. The molecule has 1 atom stereocenters. The number of carbonyl (C=O) groups is 2. The molecule has 0 radical (unpaired) electrons. The van der Waals surface area contributed by atoms with E-state index in [0.29, 0.717) is 38.1 Å². The molecule has 0 bridgehead atoms. The van der Waals surface area contributed by atoms with Gasteiger partial charge in [-0.05, 0) is 49.8 Å². The van der Waals surface area contributed by atoms with Crippen LogP contribution in [-0.2, 0) is 19.6 Å². The first-order chi connectivity index (χ1) is 15.2. The largest absolute Gasteiger partial charge is 0.346 e. The van der Waals surface area contributed by atoms with Crippen molar-refractivity contribution in [3.63, 3.8) is 0 Å². The van der Waals surface area contributed by atoms with Crippen molar-refractivity contribution in [2.75, 3.05) is 38.7 Å². The van der Waals surface area contributed by atoms with Crippen LogP contribution in [0.1, 0.15) is 39.0 Å². The lowest BCUT2D eigenvalue weighted by molar-refractivity contribution is -0.140. The lowest BCUT2D eigenvalue weighted by atomic mass is 9.94. The number of hydrogen-bond donors (Lipinski definition) is 1. The van der Waals surface area contributed by atoms with Crippen LogP contribution >= 0.6 is 11.8 Å². The standard InChI is InChI=1S/C22H34FN3O4S2/c1-4-5-13-25(2)21(27)17-10-14-26(15-11-17)22(28)19(12-16-31-3)24-32(29,30)20-9-7-6-8-18(20)23/h6-9,17,19,24H,4-5,10-16H2,1-3H3. The Morgan fingerprint density at radius 1 is 1.28 bits per heavy atom. The van der Waals surface area contributed by atoms with E-state index in [1.807, 2.05) is 13.3 Å². The Labute approximate surface area is 195 Å². The number of amides is 2. The molecular weight excluding hydrogens is 453 g/mol. The van der Waals surface area contributed by atoms with E-state index < -0.39 is 26.8 Å². The van der Waals surface area contributed by atoms with Gasteiger partial charge in [-0.25, -0.2) is 12.8 Å². The summed E-state index contributed by atoms with van der Waals surface area (Å²) in [6, 6.07) is 4.13. The first-order valence-electron chi connectivity index (χ1n) is 11.0. The SMILES string of the molecule is CCCCN(C)C(=O)C1CCN(C(=O)C(CCSC)NS(=O)(=O)c2ccccc2F)CC1. The van der Waals surface area contributed by atoms with Crippen molar-refractivity contribution in [2.45, 2.75) is 50.0 Å². The first kappa shape index (κ1) is 26.6. The van der Waals surface area contributed by atoms with Crippen molar-refractivity contribution in [3.8, 4) is 0 Å².